The summed E-state index contributed by atoms with van der Waals surface area (Å²) in [5, 5.41) is 8.65. The third-order valence-electron chi connectivity index (χ3n) is 1.33. The zero-order chi connectivity index (χ0) is 8.27. The summed E-state index contributed by atoms with van der Waals surface area (Å²) in [5.41, 5.74) is 0.901. The minimum absolute atomic E-state index is 0.131. The van der Waals surface area contributed by atoms with Crippen molar-refractivity contribution in [1.82, 2.24) is 4.98 Å². The first kappa shape index (κ1) is 7.88. The molecule has 0 fully saturated rings. The van der Waals surface area contributed by atoms with Crippen LogP contribution in [0.25, 0.3) is 6.08 Å². The molecule has 2 nitrogen and oxygen atoms in total. The van der Waals surface area contributed by atoms with E-state index < -0.39 is 5.95 Å². The van der Waals surface area contributed by atoms with Gasteiger partial charge < -0.3 is 5.11 Å². The number of aliphatic hydroxyl groups is 1. The van der Waals surface area contributed by atoms with Gasteiger partial charge in [0.15, 0.2) is 0 Å². The summed E-state index contributed by atoms with van der Waals surface area (Å²) in [6.45, 7) is 3.27. The van der Waals surface area contributed by atoms with Crippen LogP contribution >= 0.6 is 0 Å². The van der Waals surface area contributed by atoms with Gasteiger partial charge in [0.05, 0.1) is 6.61 Å². The van der Waals surface area contributed by atoms with Crippen molar-refractivity contribution >= 4 is 6.08 Å². The molecule has 1 N–H and O–H groups in total. The predicted molar refractivity (Wildman–Crippen MR) is 40.2 cm³/mol. The Morgan fingerprint density at radius 1 is 1.73 bits per heavy atom. The molecule has 3 heteroatoms. The summed E-state index contributed by atoms with van der Waals surface area (Å²) < 4.78 is 12.6. The highest BCUT2D eigenvalue weighted by Crippen LogP contribution is 2.08. The second-order valence-corrected chi connectivity index (χ2v) is 2.09. The van der Waals surface area contributed by atoms with Gasteiger partial charge in [-0.15, -0.1) is 0 Å². The number of rotatable bonds is 2. The van der Waals surface area contributed by atoms with Crippen LogP contribution in [0.15, 0.2) is 18.8 Å². The second kappa shape index (κ2) is 3.25. The van der Waals surface area contributed by atoms with Crippen LogP contribution in [0, 0.1) is 5.95 Å². The van der Waals surface area contributed by atoms with Crippen molar-refractivity contribution in [3.8, 4) is 0 Å². The van der Waals surface area contributed by atoms with Gasteiger partial charge in [0.25, 0.3) is 0 Å². The minimum atomic E-state index is -0.558. The molecular formula is C8H8FNO. The highest BCUT2D eigenvalue weighted by atomic mass is 19.1. The molecule has 0 saturated heterocycles. The van der Waals surface area contributed by atoms with E-state index in [0.717, 1.165) is 0 Å². The molecular weight excluding hydrogens is 145 g/mol. The Balaban J connectivity index is 3.12. The van der Waals surface area contributed by atoms with Crippen LogP contribution in [0.4, 0.5) is 4.39 Å². The van der Waals surface area contributed by atoms with Crippen molar-refractivity contribution < 1.29 is 9.50 Å². The maximum atomic E-state index is 12.6. The monoisotopic (exact) mass is 153 g/mol. The lowest BCUT2D eigenvalue weighted by molar-refractivity contribution is 0.281. The molecule has 1 heterocycles. The Morgan fingerprint density at radius 3 is 3.00 bits per heavy atom. The SMILES string of the molecule is C=Cc1cc(CO)cnc1F. The van der Waals surface area contributed by atoms with Gasteiger partial charge in [-0.1, -0.05) is 12.7 Å². The van der Waals surface area contributed by atoms with Crippen LogP contribution in [0.2, 0.25) is 0 Å². The van der Waals surface area contributed by atoms with Crippen LogP contribution in [-0.2, 0) is 6.61 Å². The lowest BCUT2D eigenvalue weighted by Crippen LogP contribution is -1.91. The molecule has 0 spiro atoms. The van der Waals surface area contributed by atoms with Gasteiger partial charge in [-0.25, -0.2) is 4.98 Å². The van der Waals surface area contributed by atoms with Gasteiger partial charge >= 0.3 is 0 Å². The van der Waals surface area contributed by atoms with Crippen LogP contribution in [0.1, 0.15) is 11.1 Å². The lowest BCUT2D eigenvalue weighted by atomic mass is 10.2. The fraction of sp³-hybridized carbons (Fsp3) is 0.125. The molecule has 11 heavy (non-hydrogen) atoms. The molecule has 0 unspecified atom stereocenters. The summed E-state index contributed by atoms with van der Waals surface area (Å²) in [4.78, 5) is 3.42. The average molecular weight is 153 g/mol. The Labute approximate surface area is 64.0 Å². The molecule has 0 aliphatic rings. The number of hydrogen-bond acceptors (Lipinski definition) is 2. The topological polar surface area (TPSA) is 33.1 Å². The second-order valence-electron chi connectivity index (χ2n) is 2.09. The number of hydrogen-bond donors (Lipinski definition) is 1. The van der Waals surface area contributed by atoms with Crippen LogP contribution in [0.3, 0.4) is 0 Å². The molecule has 1 rings (SSSR count). The van der Waals surface area contributed by atoms with Crippen molar-refractivity contribution in [3.63, 3.8) is 0 Å². The third-order valence-corrected chi connectivity index (χ3v) is 1.33. The van der Waals surface area contributed by atoms with Gasteiger partial charge in [-0.05, 0) is 11.6 Å². The molecule has 0 amide bonds. The van der Waals surface area contributed by atoms with E-state index in [4.69, 9.17) is 5.11 Å². The number of aromatic nitrogens is 1. The fourth-order valence-corrected chi connectivity index (χ4v) is 0.740. The van der Waals surface area contributed by atoms with Gasteiger partial charge in [-0.3, -0.25) is 0 Å². The van der Waals surface area contributed by atoms with Crippen molar-refractivity contribution in [3.05, 3.63) is 35.9 Å². The standard InChI is InChI=1S/C8H8FNO/c1-2-7-3-6(5-11)4-10-8(7)9/h2-4,11H,1,5H2. The first-order valence-electron chi connectivity index (χ1n) is 3.15. The van der Waals surface area contributed by atoms with Crippen LogP contribution in [0.5, 0.6) is 0 Å². The van der Waals surface area contributed by atoms with Crippen LogP contribution in [-0.4, -0.2) is 10.1 Å². The van der Waals surface area contributed by atoms with Crippen molar-refractivity contribution in [2.45, 2.75) is 6.61 Å². The average Bonchev–Trinajstić information content (AvgIpc) is 2.05. The Bertz CT molecular complexity index is 273. The Morgan fingerprint density at radius 2 is 2.45 bits per heavy atom. The van der Waals surface area contributed by atoms with Gasteiger partial charge in [0.2, 0.25) is 5.95 Å². The van der Waals surface area contributed by atoms with E-state index in [2.05, 4.69) is 11.6 Å². The zero-order valence-electron chi connectivity index (χ0n) is 5.92. The summed E-state index contributed by atoms with van der Waals surface area (Å²) in [6.07, 6.45) is 2.66. The van der Waals surface area contributed by atoms with Gasteiger partial charge in [-0.2, -0.15) is 4.39 Å². The number of halogens is 1. The molecule has 58 valence electrons. The van der Waals surface area contributed by atoms with Crippen molar-refractivity contribution in [1.29, 1.82) is 0 Å². The fourth-order valence-electron chi connectivity index (χ4n) is 0.740. The Hall–Kier alpha value is -1.22. The molecule has 0 radical (unpaired) electrons. The first-order valence-corrected chi connectivity index (χ1v) is 3.15. The van der Waals surface area contributed by atoms with E-state index in [1.165, 1.54) is 18.3 Å². The third kappa shape index (κ3) is 1.62. The van der Waals surface area contributed by atoms with E-state index in [9.17, 15) is 4.39 Å². The quantitative estimate of drug-likeness (QED) is 0.650. The van der Waals surface area contributed by atoms with Crippen molar-refractivity contribution in [2.24, 2.45) is 0 Å². The lowest BCUT2D eigenvalue weighted by Gasteiger charge is -1.97. The smallest absolute Gasteiger partial charge is 0.220 e. The summed E-state index contributed by atoms with van der Waals surface area (Å²) in [7, 11) is 0. The van der Waals surface area contributed by atoms with Gasteiger partial charge in [0, 0.05) is 11.8 Å². The van der Waals surface area contributed by atoms with Crippen molar-refractivity contribution in [2.75, 3.05) is 0 Å². The van der Waals surface area contributed by atoms with E-state index >= 15 is 0 Å². The highest BCUT2D eigenvalue weighted by molar-refractivity contribution is 5.46. The predicted octanol–water partition coefficient (Wildman–Crippen LogP) is 1.36. The van der Waals surface area contributed by atoms with E-state index in [0.29, 0.717) is 11.1 Å². The maximum Gasteiger partial charge on any atom is 0.220 e. The molecule has 0 aliphatic carbocycles. The number of aliphatic hydroxyl groups excluding tert-OH is 1. The molecule has 0 atom stereocenters. The molecule has 0 aromatic carbocycles. The normalized spacial score (nSPS) is 9.64. The molecule has 0 aliphatic heterocycles. The zero-order valence-corrected chi connectivity index (χ0v) is 5.92. The van der Waals surface area contributed by atoms with Gasteiger partial charge in [0.1, 0.15) is 0 Å². The number of nitrogens with zero attached hydrogens (tertiary/aromatic N) is 1. The minimum Gasteiger partial charge on any atom is -0.392 e. The summed E-state index contributed by atoms with van der Waals surface area (Å²) in [5.74, 6) is -0.558. The maximum absolute atomic E-state index is 12.6. The molecule has 1 aromatic heterocycles. The molecule has 0 saturated carbocycles. The van der Waals surface area contributed by atoms with E-state index in [-0.39, 0.29) is 6.61 Å². The first-order chi connectivity index (χ1) is 5.27. The largest absolute Gasteiger partial charge is 0.392 e. The highest BCUT2D eigenvalue weighted by Gasteiger charge is 1.99. The number of pyridine rings is 1. The van der Waals surface area contributed by atoms with E-state index in [1.807, 2.05) is 0 Å². The molecule has 0 bridgehead atoms. The summed E-state index contributed by atoms with van der Waals surface area (Å²) >= 11 is 0. The van der Waals surface area contributed by atoms with Crippen LogP contribution < -0.4 is 0 Å². The van der Waals surface area contributed by atoms with E-state index in [1.54, 1.807) is 0 Å². The Kier molecular flexibility index (Phi) is 2.33. The molecule has 1 aromatic rings. The summed E-state index contributed by atoms with van der Waals surface area (Å²) in [6, 6.07) is 1.51.